The number of nitrogens with zero attached hydrogens (tertiary/aromatic N) is 1. The maximum atomic E-state index is 11.2. The normalized spacial score (nSPS) is 12.9. The topological polar surface area (TPSA) is 49.8 Å². The molecule has 0 amide bonds. The molecular formula is C10H21NO3. The number of esters is 1. The molecule has 4 nitrogen and oxygen atoms in total. The quantitative estimate of drug-likeness (QED) is 0.487. The van der Waals surface area contributed by atoms with Gasteiger partial charge in [-0.3, -0.25) is 9.69 Å². The molecule has 4 heteroatoms. The number of hydrogen-bond acceptors (Lipinski definition) is 4. The van der Waals surface area contributed by atoms with Crippen molar-refractivity contribution in [3.05, 3.63) is 0 Å². The molecule has 1 atom stereocenters. The Labute approximate surface area is 85.9 Å². The third kappa shape index (κ3) is 5.94. The molecule has 0 aromatic carbocycles. The van der Waals surface area contributed by atoms with Gasteiger partial charge >= 0.3 is 5.97 Å². The first kappa shape index (κ1) is 13.4. The molecule has 0 fully saturated rings. The van der Waals surface area contributed by atoms with Crippen LogP contribution < -0.4 is 0 Å². The molecule has 1 N–H and O–H groups in total. The molecule has 0 aromatic rings. The number of carbonyl (C=O) groups is 1. The average Bonchev–Trinajstić information content (AvgIpc) is 2.16. The minimum absolute atomic E-state index is 0.00581. The molecule has 0 bridgehead atoms. The molecular weight excluding hydrogens is 182 g/mol. The summed E-state index contributed by atoms with van der Waals surface area (Å²) in [5.74, 6) is -0.221. The Balaban J connectivity index is 3.60. The summed E-state index contributed by atoms with van der Waals surface area (Å²) >= 11 is 0. The third-order valence-electron chi connectivity index (χ3n) is 2.16. The van der Waals surface area contributed by atoms with Crippen LogP contribution in [0.5, 0.6) is 0 Å². The maximum Gasteiger partial charge on any atom is 0.320 e. The summed E-state index contributed by atoms with van der Waals surface area (Å²) in [4.78, 5) is 13.0. The van der Waals surface area contributed by atoms with Crippen LogP contribution in [0, 0.1) is 0 Å². The molecule has 0 aliphatic heterocycles. The first-order valence-corrected chi connectivity index (χ1v) is 5.08. The number of unbranched alkanes of at least 4 members (excludes halogenated alkanes) is 1. The maximum absolute atomic E-state index is 11.2. The Kier molecular flexibility index (Phi) is 7.42. The van der Waals surface area contributed by atoms with Crippen molar-refractivity contribution in [1.29, 1.82) is 0 Å². The number of aliphatic hydroxyl groups is 1. The zero-order valence-corrected chi connectivity index (χ0v) is 9.32. The van der Waals surface area contributed by atoms with Crippen molar-refractivity contribution in [3.8, 4) is 0 Å². The van der Waals surface area contributed by atoms with Gasteiger partial charge in [-0.05, 0) is 20.4 Å². The summed E-state index contributed by atoms with van der Waals surface area (Å²) in [5.41, 5.74) is 0. The van der Waals surface area contributed by atoms with Crippen LogP contribution in [0.3, 0.4) is 0 Å². The zero-order valence-electron chi connectivity index (χ0n) is 9.32. The fourth-order valence-corrected chi connectivity index (χ4v) is 0.875. The van der Waals surface area contributed by atoms with E-state index in [1.54, 1.807) is 11.9 Å². The van der Waals surface area contributed by atoms with E-state index in [0.29, 0.717) is 6.61 Å². The highest BCUT2D eigenvalue weighted by Gasteiger charge is 2.12. The molecule has 0 saturated heterocycles. The highest BCUT2D eigenvalue weighted by molar-refractivity contribution is 5.71. The van der Waals surface area contributed by atoms with Crippen LogP contribution in [0.4, 0.5) is 0 Å². The first-order valence-electron chi connectivity index (χ1n) is 5.08. The van der Waals surface area contributed by atoms with Gasteiger partial charge in [-0.1, -0.05) is 13.3 Å². The Bertz CT molecular complexity index is 161. The summed E-state index contributed by atoms with van der Waals surface area (Å²) in [6.07, 6.45) is 1.93. The van der Waals surface area contributed by atoms with E-state index in [1.807, 2.05) is 13.8 Å². The third-order valence-corrected chi connectivity index (χ3v) is 2.16. The fraction of sp³-hybridized carbons (Fsp3) is 0.900. The molecule has 0 aliphatic rings. The van der Waals surface area contributed by atoms with Gasteiger partial charge in [0.1, 0.15) is 0 Å². The van der Waals surface area contributed by atoms with Crippen molar-refractivity contribution >= 4 is 5.97 Å². The smallest absolute Gasteiger partial charge is 0.320 e. The monoisotopic (exact) mass is 203 g/mol. The van der Waals surface area contributed by atoms with Crippen molar-refractivity contribution < 1.29 is 14.6 Å². The summed E-state index contributed by atoms with van der Waals surface area (Å²) < 4.78 is 4.99. The summed E-state index contributed by atoms with van der Waals surface area (Å²) in [7, 11) is 1.79. The van der Waals surface area contributed by atoms with Crippen molar-refractivity contribution in [2.45, 2.75) is 32.7 Å². The van der Waals surface area contributed by atoms with Gasteiger partial charge in [-0.25, -0.2) is 0 Å². The van der Waals surface area contributed by atoms with Crippen LogP contribution in [0.1, 0.15) is 26.7 Å². The molecule has 0 radical (unpaired) electrons. The molecule has 0 saturated carbocycles. The van der Waals surface area contributed by atoms with E-state index < -0.39 is 0 Å². The van der Waals surface area contributed by atoms with E-state index in [2.05, 4.69) is 0 Å². The van der Waals surface area contributed by atoms with Crippen LogP contribution in [0.15, 0.2) is 0 Å². The summed E-state index contributed by atoms with van der Waals surface area (Å²) in [6.45, 7) is 4.70. The molecule has 84 valence electrons. The van der Waals surface area contributed by atoms with E-state index in [-0.39, 0.29) is 25.2 Å². The highest BCUT2D eigenvalue weighted by atomic mass is 16.5. The van der Waals surface area contributed by atoms with Crippen LogP contribution in [0.25, 0.3) is 0 Å². The number of ether oxygens (including phenoxy) is 1. The van der Waals surface area contributed by atoms with Gasteiger partial charge in [-0.15, -0.1) is 0 Å². The molecule has 1 unspecified atom stereocenters. The Morgan fingerprint density at radius 2 is 2.21 bits per heavy atom. The minimum Gasteiger partial charge on any atom is -0.465 e. The van der Waals surface area contributed by atoms with Crippen molar-refractivity contribution in [3.63, 3.8) is 0 Å². The predicted molar refractivity (Wildman–Crippen MR) is 55.0 cm³/mol. The van der Waals surface area contributed by atoms with Gasteiger partial charge in [0.05, 0.1) is 19.8 Å². The van der Waals surface area contributed by atoms with Gasteiger partial charge in [0.15, 0.2) is 0 Å². The van der Waals surface area contributed by atoms with Crippen LogP contribution in [-0.4, -0.2) is 48.8 Å². The van der Waals surface area contributed by atoms with E-state index in [9.17, 15) is 4.79 Å². The summed E-state index contributed by atoms with van der Waals surface area (Å²) in [6, 6.07) is -0.00581. The lowest BCUT2D eigenvalue weighted by atomic mass is 10.3. The number of rotatable bonds is 7. The Hall–Kier alpha value is -0.610. The molecule has 0 heterocycles. The second-order valence-corrected chi connectivity index (χ2v) is 3.52. The largest absolute Gasteiger partial charge is 0.465 e. The standard InChI is InChI=1S/C10H21NO3/c1-4-5-6-14-10(13)7-11(3)9(2)8-12/h9,12H,4-8H2,1-3H3. The molecule has 14 heavy (non-hydrogen) atoms. The lowest BCUT2D eigenvalue weighted by Crippen LogP contribution is -2.36. The van der Waals surface area contributed by atoms with Crippen molar-refractivity contribution in [2.24, 2.45) is 0 Å². The molecule has 0 aromatic heterocycles. The van der Waals surface area contributed by atoms with E-state index in [4.69, 9.17) is 9.84 Å². The number of carbonyl (C=O) groups excluding carboxylic acids is 1. The Morgan fingerprint density at radius 1 is 1.57 bits per heavy atom. The van der Waals surface area contributed by atoms with Crippen molar-refractivity contribution in [2.75, 3.05) is 26.8 Å². The predicted octanol–water partition coefficient (Wildman–Crippen LogP) is 0.642. The molecule has 0 aliphatic carbocycles. The first-order chi connectivity index (χ1) is 6.61. The average molecular weight is 203 g/mol. The van der Waals surface area contributed by atoms with Crippen LogP contribution in [0.2, 0.25) is 0 Å². The van der Waals surface area contributed by atoms with Gasteiger partial charge in [0, 0.05) is 6.04 Å². The highest BCUT2D eigenvalue weighted by Crippen LogP contribution is 1.95. The van der Waals surface area contributed by atoms with Crippen LogP contribution >= 0.6 is 0 Å². The van der Waals surface area contributed by atoms with Crippen LogP contribution in [-0.2, 0) is 9.53 Å². The molecule has 0 rings (SSSR count). The number of hydrogen-bond donors (Lipinski definition) is 1. The minimum atomic E-state index is -0.221. The van der Waals surface area contributed by atoms with Gasteiger partial charge in [0.25, 0.3) is 0 Å². The van der Waals surface area contributed by atoms with Gasteiger partial charge in [0.2, 0.25) is 0 Å². The second-order valence-electron chi connectivity index (χ2n) is 3.52. The zero-order chi connectivity index (χ0) is 11.0. The van der Waals surface area contributed by atoms with E-state index in [0.717, 1.165) is 12.8 Å². The van der Waals surface area contributed by atoms with Gasteiger partial charge < -0.3 is 9.84 Å². The number of aliphatic hydroxyl groups excluding tert-OH is 1. The molecule has 0 spiro atoms. The lowest BCUT2D eigenvalue weighted by Gasteiger charge is -2.21. The fourth-order valence-electron chi connectivity index (χ4n) is 0.875. The second kappa shape index (κ2) is 7.76. The Morgan fingerprint density at radius 3 is 2.71 bits per heavy atom. The lowest BCUT2D eigenvalue weighted by molar-refractivity contribution is -0.145. The van der Waals surface area contributed by atoms with E-state index >= 15 is 0 Å². The summed E-state index contributed by atoms with van der Waals surface area (Å²) in [5, 5.41) is 8.84. The number of likely N-dealkylation sites (N-methyl/N-ethyl adjacent to an activating group) is 1. The van der Waals surface area contributed by atoms with Crippen molar-refractivity contribution in [1.82, 2.24) is 4.90 Å². The van der Waals surface area contributed by atoms with E-state index in [1.165, 1.54) is 0 Å². The van der Waals surface area contributed by atoms with Gasteiger partial charge in [-0.2, -0.15) is 0 Å². The SMILES string of the molecule is CCCCOC(=O)CN(C)C(C)CO.